The molecule has 0 amide bonds. The number of rotatable bonds is 3. The minimum absolute atomic E-state index is 0.160. The molecule has 0 spiro atoms. The summed E-state index contributed by atoms with van der Waals surface area (Å²) in [4.78, 5) is 3.90. The van der Waals surface area contributed by atoms with Gasteiger partial charge in [-0.2, -0.15) is 0 Å². The van der Waals surface area contributed by atoms with Gasteiger partial charge in [-0.15, -0.1) is 11.6 Å². The third kappa shape index (κ3) is 3.05. The zero-order valence-electron chi connectivity index (χ0n) is 7.64. The molecule has 0 saturated heterocycles. The van der Waals surface area contributed by atoms with Crippen molar-refractivity contribution in [3.63, 3.8) is 0 Å². The molecule has 4 heteroatoms. The van der Waals surface area contributed by atoms with E-state index in [1.807, 2.05) is 19.9 Å². The van der Waals surface area contributed by atoms with E-state index in [9.17, 15) is 0 Å². The molecule has 13 heavy (non-hydrogen) atoms. The van der Waals surface area contributed by atoms with Crippen LogP contribution in [-0.4, -0.2) is 16.4 Å². The van der Waals surface area contributed by atoms with Gasteiger partial charge in [0.1, 0.15) is 0 Å². The molecule has 1 N–H and O–H groups in total. The van der Waals surface area contributed by atoms with Crippen molar-refractivity contribution in [2.24, 2.45) is 0 Å². The number of hydrogen-bond donors (Lipinski definition) is 1. The Bertz CT molecular complexity index is 287. The molecule has 0 aliphatic heterocycles. The lowest BCUT2D eigenvalue weighted by atomic mass is 10.1. The number of nitrogens with one attached hydrogen (secondary N) is 1. The van der Waals surface area contributed by atoms with Gasteiger partial charge in [-0.1, -0.05) is 11.6 Å². The van der Waals surface area contributed by atoms with Crippen LogP contribution < -0.4 is 5.32 Å². The Balaban J connectivity index is 2.80. The first kappa shape index (κ1) is 10.6. The smallest absolute Gasteiger partial charge is 0.0820 e. The number of hydrogen-bond acceptors (Lipinski definition) is 2. The summed E-state index contributed by atoms with van der Waals surface area (Å²) in [5.74, 6) is 0.519. The van der Waals surface area contributed by atoms with Crippen LogP contribution in [0.25, 0.3) is 0 Å². The van der Waals surface area contributed by atoms with E-state index in [0.29, 0.717) is 10.9 Å². The highest BCUT2D eigenvalue weighted by Crippen LogP contribution is 2.23. The van der Waals surface area contributed by atoms with Crippen LogP contribution in [-0.2, 0) is 0 Å². The van der Waals surface area contributed by atoms with Crippen LogP contribution in [0.5, 0.6) is 0 Å². The number of alkyl halides is 1. The van der Waals surface area contributed by atoms with E-state index in [1.165, 1.54) is 0 Å². The van der Waals surface area contributed by atoms with Crippen LogP contribution in [0.1, 0.15) is 13.8 Å². The molecule has 0 aromatic carbocycles. The van der Waals surface area contributed by atoms with Crippen molar-refractivity contribution in [2.75, 3.05) is 11.2 Å². The second kappa shape index (κ2) is 4.16. The van der Waals surface area contributed by atoms with Crippen LogP contribution in [0.3, 0.4) is 0 Å². The fourth-order valence-corrected chi connectivity index (χ4v) is 1.11. The van der Waals surface area contributed by atoms with Gasteiger partial charge < -0.3 is 5.32 Å². The zero-order chi connectivity index (χ0) is 9.90. The molecule has 0 bridgehead atoms. The van der Waals surface area contributed by atoms with E-state index < -0.39 is 0 Å². The van der Waals surface area contributed by atoms with E-state index >= 15 is 0 Å². The SMILES string of the molecule is CC(C)(CCl)Nc1ccncc1Cl. The van der Waals surface area contributed by atoms with Gasteiger partial charge >= 0.3 is 0 Å². The first-order valence-corrected chi connectivity index (χ1v) is 4.90. The van der Waals surface area contributed by atoms with Gasteiger partial charge in [0, 0.05) is 23.8 Å². The highest BCUT2D eigenvalue weighted by Gasteiger charge is 2.16. The highest BCUT2D eigenvalue weighted by molar-refractivity contribution is 6.33. The van der Waals surface area contributed by atoms with Crippen LogP contribution >= 0.6 is 23.2 Å². The summed E-state index contributed by atoms with van der Waals surface area (Å²) in [6, 6.07) is 1.83. The minimum atomic E-state index is -0.160. The first-order valence-electron chi connectivity index (χ1n) is 3.99. The summed E-state index contributed by atoms with van der Waals surface area (Å²) in [6.07, 6.45) is 3.30. The summed E-state index contributed by atoms with van der Waals surface area (Å²) >= 11 is 11.7. The van der Waals surface area contributed by atoms with Gasteiger partial charge in [-0.05, 0) is 19.9 Å². The molecule has 1 heterocycles. The average Bonchev–Trinajstić information content (AvgIpc) is 2.09. The fourth-order valence-electron chi connectivity index (χ4n) is 0.875. The summed E-state index contributed by atoms with van der Waals surface area (Å²) < 4.78 is 0. The Kier molecular flexibility index (Phi) is 3.40. The van der Waals surface area contributed by atoms with E-state index in [1.54, 1.807) is 12.4 Å². The van der Waals surface area contributed by atoms with Gasteiger partial charge in [-0.25, -0.2) is 0 Å². The molecule has 0 radical (unpaired) electrons. The largest absolute Gasteiger partial charge is 0.378 e. The third-order valence-electron chi connectivity index (χ3n) is 1.58. The molecule has 1 aromatic rings. The molecule has 1 aromatic heterocycles. The maximum atomic E-state index is 5.92. The van der Waals surface area contributed by atoms with Crippen molar-refractivity contribution in [1.82, 2.24) is 4.98 Å². The molecule has 0 aliphatic carbocycles. The maximum absolute atomic E-state index is 5.92. The molecule has 0 fully saturated rings. The first-order chi connectivity index (χ1) is 6.05. The number of nitrogens with zero attached hydrogens (tertiary/aromatic N) is 1. The lowest BCUT2D eigenvalue weighted by molar-refractivity contribution is 0.641. The number of pyridine rings is 1. The second-order valence-electron chi connectivity index (χ2n) is 3.50. The van der Waals surface area contributed by atoms with Gasteiger partial charge in [0.15, 0.2) is 0 Å². The van der Waals surface area contributed by atoms with E-state index in [2.05, 4.69) is 10.3 Å². The summed E-state index contributed by atoms with van der Waals surface area (Å²) in [5.41, 5.74) is 0.703. The standard InChI is InChI=1S/C9H12Cl2N2/c1-9(2,6-10)13-8-3-4-12-5-7(8)11/h3-5H,6H2,1-2H3,(H,12,13). The van der Waals surface area contributed by atoms with Gasteiger partial charge in [0.25, 0.3) is 0 Å². The lowest BCUT2D eigenvalue weighted by Gasteiger charge is -2.25. The molecule has 1 rings (SSSR count). The van der Waals surface area contributed by atoms with Crippen LogP contribution in [0, 0.1) is 0 Å². The van der Waals surface area contributed by atoms with Crippen molar-refractivity contribution in [3.8, 4) is 0 Å². The number of anilines is 1. The number of halogens is 2. The predicted octanol–water partition coefficient (Wildman–Crippen LogP) is 3.16. The molecule has 0 atom stereocenters. The normalized spacial score (nSPS) is 11.4. The molecule has 72 valence electrons. The van der Waals surface area contributed by atoms with Crippen LogP contribution in [0.2, 0.25) is 5.02 Å². The highest BCUT2D eigenvalue weighted by atomic mass is 35.5. The second-order valence-corrected chi connectivity index (χ2v) is 4.17. The van der Waals surface area contributed by atoms with Crippen molar-refractivity contribution in [2.45, 2.75) is 19.4 Å². The maximum Gasteiger partial charge on any atom is 0.0820 e. The van der Waals surface area contributed by atoms with E-state index in [-0.39, 0.29) is 5.54 Å². The Hall–Kier alpha value is -0.470. The van der Waals surface area contributed by atoms with Crippen LogP contribution in [0.15, 0.2) is 18.5 Å². The van der Waals surface area contributed by atoms with Gasteiger partial charge in [-0.3, -0.25) is 4.98 Å². The Morgan fingerprint density at radius 1 is 1.54 bits per heavy atom. The lowest BCUT2D eigenvalue weighted by Crippen LogP contribution is -2.32. The molecule has 0 aliphatic rings. The summed E-state index contributed by atoms with van der Waals surface area (Å²) in [6.45, 7) is 4.02. The fraction of sp³-hybridized carbons (Fsp3) is 0.444. The molecule has 0 saturated carbocycles. The monoisotopic (exact) mass is 218 g/mol. The van der Waals surface area contributed by atoms with Crippen molar-refractivity contribution in [1.29, 1.82) is 0 Å². The molecule has 0 unspecified atom stereocenters. The van der Waals surface area contributed by atoms with E-state index in [0.717, 1.165) is 5.69 Å². The molecule has 2 nitrogen and oxygen atoms in total. The van der Waals surface area contributed by atoms with Crippen molar-refractivity contribution in [3.05, 3.63) is 23.5 Å². The zero-order valence-corrected chi connectivity index (χ0v) is 9.15. The van der Waals surface area contributed by atoms with Crippen molar-refractivity contribution >= 4 is 28.9 Å². The number of aromatic nitrogens is 1. The molecular formula is C9H12Cl2N2. The Morgan fingerprint density at radius 3 is 2.77 bits per heavy atom. The van der Waals surface area contributed by atoms with Crippen LogP contribution in [0.4, 0.5) is 5.69 Å². The Morgan fingerprint density at radius 2 is 2.23 bits per heavy atom. The van der Waals surface area contributed by atoms with Gasteiger partial charge in [0.2, 0.25) is 0 Å². The predicted molar refractivity (Wildman–Crippen MR) is 57.7 cm³/mol. The topological polar surface area (TPSA) is 24.9 Å². The minimum Gasteiger partial charge on any atom is -0.378 e. The molecular weight excluding hydrogens is 207 g/mol. The van der Waals surface area contributed by atoms with Crippen molar-refractivity contribution < 1.29 is 0 Å². The summed E-state index contributed by atoms with van der Waals surface area (Å²) in [5, 5.41) is 3.84. The summed E-state index contributed by atoms with van der Waals surface area (Å²) in [7, 11) is 0. The van der Waals surface area contributed by atoms with E-state index in [4.69, 9.17) is 23.2 Å². The quantitative estimate of drug-likeness (QED) is 0.789. The average molecular weight is 219 g/mol. The van der Waals surface area contributed by atoms with Gasteiger partial charge in [0.05, 0.1) is 10.7 Å². The third-order valence-corrected chi connectivity index (χ3v) is 2.55. The Labute approximate surface area is 88.3 Å².